The van der Waals surface area contributed by atoms with E-state index in [1.54, 1.807) is 12.5 Å². The fourth-order valence-corrected chi connectivity index (χ4v) is 2.96. The van der Waals surface area contributed by atoms with Gasteiger partial charge in [0.05, 0.1) is 18.6 Å². The van der Waals surface area contributed by atoms with Crippen molar-refractivity contribution in [2.24, 2.45) is 5.41 Å². The maximum atomic E-state index is 12.4. The van der Waals surface area contributed by atoms with Gasteiger partial charge >= 0.3 is 4.87 Å². The van der Waals surface area contributed by atoms with Crippen LogP contribution in [0.2, 0.25) is 0 Å². The maximum Gasteiger partial charge on any atom is 0.304 e. The Labute approximate surface area is 115 Å². The van der Waals surface area contributed by atoms with E-state index in [-0.39, 0.29) is 10.8 Å². The lowest BCUT2D eigenvalue weighted by Gasteiger charge is -2.35. The molecule has 106 valence electrons. The van der Waals surface area contributed by atoms with E-state index in [0.717, 1.165) is 43.0 Å². The van der Waals surface area contributed by atoms with Gasteiger partial charge in [-0.3, -0.25) is 9.59 Å². The van der Waals surface area contributed by atoms with Crippen LogP contribution in [0.3, 0.4) is 0 Å². The van der Waals surface area contributed by atoms with Crippen LogP contribution in [0.1, 0.15) is 18.5 Å². The highest BCUT2D eigenvalue weighted by Crippen LogP contribution is 2.29. The number of hydrogen-bond donors (Lipinski definition) is 3. The average molecular weight is 285 g/mol. The van der Waals surface area contributed by atoms with E-state index >= 15 is 0 Å². The Kier molecular flexibility index (Phi) is 4.73. The minimum Gasteiger partial charge on any atom is -0.384 e. The summed E-state index contributed by atoms with van der Waals surface area (Å²) in [5.41, 5.74) is 0.293. The van der Waals surface area contributed by atoms with Crippen molar-refractivity contribution in [2.75, 3.05) is 26.8 Å². The van der Waals surface area contributed by atoms with Gasteiger partial charge in [-0.05, 0) is 25.9 Å². The average Bonchev–Trinajstić information content (AvgIpc) is 2.83. The molecule has 0 aromatic carbocycles. The number of carbonyl (C=O) groups is 1. The van der Waals surface area contributed by atoms with Crippen molar-refractivity contribution in [1.29, 1.82) is 0 Å². The summed E-state index contributed by atoms with van der Waals surface area (Å²) in [6, 6.07) is 0. The van der Waals surface area contributed by atoms with E-state index < -0.39 is 5.41 Å². The first kappa shape index (κ1) is 14.2. The minimum atomic E-state index is -0.448. The Balaban J connectivity index is 1.97. The van der Waals surface area contributed by atoms with Gasteiger partial charge in [-0.25, -0.2) is 0 Å². The molecule has 0 unspecified atom stereocenters. The Morgan fingerprint density at radius 3 is 2.84 bits per heavy atom. The van der Waals surface area contributed by atoms with E-state index in [4.69, 9.17) is 4.74 Å². The van der Waals surface area contributed by atoms with E-state index in [0.29, 0.717) is 13.2 Å². The minimum absolute atomic E-state index is 0.00268. The first-order chi connectivity index (χ1) is 9.16. The number of carbonyl (C=O) groups excluding carboxylic acids is 1. The smallest absolute Gasteiger partial charge is 0.304 e. The quantitative estimate of drug-likeness (QED) is 0.715. The largest absolute Gasteiger partial charge is 0.384 e. The molecule has 1 aromatic heterocycles. The first-order valence-corrected chi connectivity index (χ1v) is 7.19. The molecule has 6 nitrogen and oxygen atoms in total. The highest BCUT2D eigenvalue weighted by atomic mass is 32.1. The summed E-state index contributed by atoms with van der Waals surface area (Å²) in [6.07, 6.45) is 1.54. The number of amides is 1. The highest BCUT2D eigenvalue weighted by Gasteiger charge is 2.39. The zero-order valence-electron chi connectivity index (χ0n) is 11.0. The number of hydrogen-bond acceptors (Lipinski definition) is 5. The second-order valence-electron chi connectivity index (χ2n) is 4.82. The normalized spacial score (nSPS) is 18.2. The molecule has 0 atom stereocenters. The molecule has 1 aliphatic rings. The second kappa shape index (κ2) is 6.31. The number of methoxy groups -OCH3 is 1. The zero-order chi connectivity index (χ0) is 13.7. The molecule has 3 N–H and O–H groups in total. The maximum absolute atomic E-state index is 12.4. The van der Waals surface area contributed by atoms with Crippen LogP contribution < -0.4 is 15.5 Å². The first-order valence-electron chi connectivity index (χ1n) is 6.31. The molecule has 19 heavy (non-hydrogen) atoms. The van der Waals surface area contributed by atoms with Crippen molar-refractivity contribution in [1.82, 2.24) is 15.6 Å². The number of aromatic amines is 1. The standard InChI is InChI=1S/C12H19N3O3S/c1-18-8-12(2-4-13-5-3-12)10(16)14-6-9-7-19-11(17)15-9/h7,13H,2-6,8H2,1H3,(H,14,16)(H,15,17). The summed E-state index contributed by atoms with van der Waals surface area (Å²) in [6.45, 7) is 2.44. The number of H-pyrrole nitrogens is 1. The number of ether oxygens (including phenoxy) is 1. The molecule has 2 heterocycles. The van der Waals surface area contributed by atoms with Gasteiger partial charge in [0, 0.05) is 18.2 Å². The molecule has 0 saturated carbocycles. The van der Waals surface area contributed by atoms with Crippen molar-refractivity contribution >= 4 is 17.2 Å². The highest BCUT2D eigenvalue weighted by molar-refractivity contribution is 7.07. The molecule has 1 aromatic rings. The zero-order valence-corrected chi connectivity index (χ0v) is 11.8. The van der Waals surface area contributed by atoms with Crippen LogP contribution in [0.15, 0.2) is 10.2 Å². The molecular weight excluding hydrogens is 266 g/mol. The number of rotatable bonds is 5. The van der Waals surface area contributed by atoms with Crippen molar-refractivity contribution < 1.29 is 9.53 Å². The van der Waals surface area contributed by atoms with Crippen molar-refractivity contribution in [3.05, 3.63) is 20.7 Å². The van der Waals surface area contributed by atoms with Gasteiger partial charge in [-0.2, -0.15) is 0 Å². The number of thiazole rings is 1. The molecule has 0 radical (unpaired) electrons. The van der Waals surface area contributed by atoms with E-state index in [1.165, 1.54) is 0 Å². The van der Waals surface area contributed by atoms with Gasteiger partial charge in [-0.15, -0.1) is 0 Å². The third-order valence-electron chi connectivity index (χ3n) is 3.47. The van der Waals surface area contributed by atoms with E-state index in [2.05, 4.69) is 15.6 Å². The van der Waals surface area contributed by atoms with Crippen molar-refractivity contribution in [3.8, 4) is 0 Å². The summed E-state index contributed by atoms with van der Waals surface area (Å²) < 4.78 is 5.22. The summed E-state index contributed by atoms with van der Waals surface area (Å²) in [5.74, 6) is 0.00268. The van der Waals surface area contributed by atoms with Crippen LogP contribution in [-0.4, -0.2) is 37.7 Å². The number of nitrogens with one attached hydrogen (secondary N) is 3. The van der Waals surface area contributed by atoms with Crippen LogP contribution in [0.5, 0.6) is 0 Å². The molecule has 0 spiro atoms. The molecule has 7 heteroatoms. The predicted octanol–water partition coefficient (Wildman–Crippen LogP) is 0.0688. The number of aromatic nitrogens is 1. The molecule has 1 amide bonds. The predicted molar refractivity (Wildman–Crippen MR) is 73.2 cm³/mol. The SMILES string of the molecule is COCC1(C(=O)NCc2csc(=O)[nH]2)CCNCC1. The van der Waals surface area contributed by atoms with Crippen LogP contribution >= 0.6 is 11.3 Å². The van der Waals surface area contributed by atoms with Crippen molar-refractivity contribution in [2.45, 2.75) is 19.4 Å². The monoisotopic (exact) mass is 285 g/mol. The summed E-state index contributed by atoms with van der Waals surface area (Å²) in [4.78, 5) is 26.0. The third-order valence-corrected chi connectivity index (χ3v) is 4.19. The lowest BCUT2D eigenvalue weighted by atomic mass is 9.78. The molecule has 1 fully saturated rings. The van der Waals surface area contributed by atoms with Gasteiger partial charge in [0.25, 0.3) is 0 Å². The Morgan fingerprint density at radius 2 is 2.26 bits per heavy atom. The third kappa shape index (κ3) is 3.43. The topological polar surface area (TPSA) is 83.2 Å². The van der Waals surface area contributed by atoms with E-state index in [1.807, 2.05) is 0 Å². The van der Waals surface area contributed by atoms with Crippen LogP contribution in [0.25, 0.3) is 0 Å². The number of piperidine rings is 1. The molecule has 0 aliphatic carbocycles. The van der Waals surface area contributed by atoms with Crippen LogP contribution in [0, 0.1) is 5.41 Å². The van der Waals surface area contributed by atoms with Gasteiger partial charge in [0.1, 0.15) is 0 Å². The molecular formula is C12H19N3O3S. The summed E-state index contributed by atoms with van der Waals surface area (Å²) >= 11 is 1.10. The molecule has 1 aliphatic heterocycles. The lowest BCUT2D eigenvalue weighted by molar-refractivity contribution is -0.136. The van der Waals surface area contributed by atoms with Gasteiger partial charge < -0.3 is 20.4 Å². The fourth-order valence-electron chi connectivity index (χ4n) is 2.38. The van der Waals surface area contributed by atoms with E-state index in [9.17, 15) is 9.59 Å². The van der Waals surface area contributed by atoms with Crippen molar-refractivity contribution in [3.63, 3.8) is 0 Å². The summed E-state index contributed by atoms with van der Waals surface area (Å²) in [5, 5.41) is 7.88. The molecule has 1 saturated heterocycles. The summed E-state index contributed by atoms with van der Waals surface area (Å²) in [7, 11) is 1.62. The fraction of sp³-hybridized carbons (Fsp3) is 0.667. The van der Waals surface area contributed by atoms with Crippen LogP contribution in [0.4, 0.5) is 0 Å². The Bertz CT molecular complexity index is 471. The van der Waals surface area contributed by atoms with Gasteiger partial charge in [0.15, 0.2) is 0 Å². The van der Waals surface area contributed by atoms with Gasteiger partial charge in [-0.1, -0.05) is 11.3 Å². The van der Waals surface area contributed by atoms with Gasteiger partial charge in [0.2, 0.25) is 5.91 Å². The molecule has 0 bridgehead atoms. The molecule has 2 rings (SSSR count). The van der Waals surface area contributed by atoms with Crippen LogP contribution in [-0.2, 0) is 16.1 Å². The Morgan fingerprint density at radius 1 is 1.53 bits per heavy atom. The second-order valence-corrected chi connectivity index (χ2v) is 5.66. The lowest BCUT2D eigenvalue weighted by Crippen LogP contribution is -2.50. The Hall–Kier alpha value is -1.18.